The summed E-state index contributed by atoms with van der Waals surface area (Å²) in [4.78, 5) is 34.4. The molecule has 126 valence electrons. The Morgan fingerprint density at radius 3 is 2.70 bits per heavy atom. The first-order chi connectivity index (χ1) is 10.9. The van der Waals surface area contributed by atoms with Crippen LogP contribution in [0.4, 0.5) is 5.69 Å². The first-order valence-corrected chi connectivity index (χ1v) is 8.40. The van der Waals surface area contributed by atoms with Crippen LogP contribution >= 0.6 is 11.8 Å². The van der Waals surface area contributed by atoms with Crippen molar-refractivity contribution >= 4 is 29.3 Å². The molecule has 0 fully saturated rings. The first-order valence-electron chi connectivity index (χ1n) is 7.18. The van der Waals surface area contributed by atoms with Crippen LogP contribution < -0.4 is 5.32 Å². The van der Waals surface area contributed by atoms with E-state index in [0.717, 1.165) is 18.9 Å². The summed E-state index contributed by atoms with van der Waals surface area (Å²) in [5.74, 6) is -1.16. The summed E-state index contributed by atoms with van der Waals surface area (Å²) >= 11 is 1.22. The summed E-state index contributed by atoms with van der Waals surface area (Å²) in [5, 5.41) is 13.7. The summed E-state index contributed by atoms with van der Waals surface area (Å²) in [6, 6.07) is 4.10. The number of benzene rings is 1. The van der Waals surface area contributed by atoms with Gasteiger partial charge in [-0.25, -0.2) is 4.79 Å². The molecule has 8 heteroatoms. The Bertz CT molecular complexity index is 591. The van der Waals surface area contributed by atoms with Crippen molar-refractivity contribution in [1.82, 2.24) is 5.32 Å². The van der Waals surface area contributed by atoms with E-state index in [1.165, 1.54) is 23.9 Å². The number of esters is 1. The molecule has 1 amide bonds. The van der Waals surface area contributed by atoms with Gasteiger partial charge in [-0.2, -0.15) is 0 Å². The second kappa shape index (κ2) is 9.14. The van der Waals surface area contributed by atoms with Crippen molar-refractivity contribution in [2.45, 2.75) is 37.6 Å². The monoisotopic (exact) mass is 340 g/mol. The third-order valence-corrected chi connectivity index (χ3v) is 3.86. The highest BCUT2D eigenvalue weighted by atomic mass is 32.2. The van der Waals surface area contributed by atoms with Crippen LogP contribution in [0.15, 0.2) is 23.1 Å². The number of carbonyl (C=O) groups excluding carboxylic acids is 2. The second-order valence-corrected chi connectivity index (χ2v) is 5.83. The van der Waals surface area contributed by atoms with Crippen molar-refractivity contribution in [2.75, 3.05) is 12.9 Å². The predicted octanol–water partition coefficient (Wildman–Crippen LogP) is 2.78. The Labute approximate surface area is 138 Å². The van der Waals surface area contributed by atoms with Crippen LogP contribution in [0, 0.1) is 10.1 Å². The smallest absolute Gasteiger partial charge is 0.338 e. The van der Waals surface area contributed by atoms with E-state index < -0.39 is 23.4 Å². The minimum absolute atomic E-state index is 0.00755. The average Bonchev–Trinajstić information content (AvgIpc) is 2.52. The number of nitrogens with zero attached hydrogens (tertiary/aromatic N) is 1. The van der Waals surface area contributed by atoms with Crippen LogP contribution in [0.25, 0.3) is 0 Å². The number of thioether (sulfide) groups is 1. The van der Waals surface area contributed by atoms with Gasteiger partial charge in [-0.1, -0.05) is 13.3 Å². The van der Waals surface area contributed by atoms with Gasteiger partial charge in [0.25, 0.3) is 11.6 Å². The molecule has 23 heavy (non-hydrogen) atoms. The van der Waals surface area contributed by atoms with E-state index in [1.807, 2.05) is 13.8 Å². The number of nitrogens with one attached hydrogen (secondary N) is 1. The van der Waals surface area contributed by atoms with E-state index in [9.17, 15) is 19.7 Å². The van der Waals surface area contributed by atoms with E-state index in [0.29, 0.717) is 4.90 Å². The second-order valence-electron chi connectivity index (χ2n) is 4.98. The lowest BCUT2D eigenvalue weighted by Crippen LogP contribution is -2.35. The fourth-order valence-electron chi connectivity index (χ4n) is 2.00. The van der Waals surface area contributed by atoms with E-state index in [4.69, 9.17) is 4.74 Å². The molecule has 0 spiro atoms. The molecule has 0 unspecified atom stereocenters. The van der Waals surface area contributed by atoms with E-state index in [-0.39, 0.29) is 17.3 Å². The summed E-state index contributed by atoms with van der Waals surface area (Å²) < 4.78 is 4.90. The Morgan fingerprint density at radius 2 is 2.13 bits per heavy atom. The van der Waals surface area contributed by atoms with Gasteiger partial charge in [0.1, 0.15) is 0 Å². The molecule has 0 aliphatic carbocycles. The Kier molecular flexibility index (Phi) is 7.53. The SMILES string of the molecule is CCC[C@H](C)NC(=O)COC(=O)c1ccc(SC)c([N+](=O)[O-])c1. The Balaban J connectivity index is 2.66. The van der Waals surface area contributed by atoms with Crippen LogP contribution in [0.1, 0.15) is 37.0 Å². The van der Waals surface area contributed by atoms with Gasteiger partial charge in [0.15, 0.2) is 6.61 Å². The molecule has 0 aliphatic heterocycles. The Hall–Kier alpha value is -2.09. The van der Waals surface area contributed by atoms with Crippen molar-refractivity contribution in [3.63, 3.8) is 0 Å². The van der Waals surface area contributed by atoms with Gasteiger partial charge in [0.05, 0.1) is 15.4 Å². The summed E-state index contributed by atoms with van der Waals surface area (Å²) in [5.41, 5.74) is -0.114. The van der Waals surface area contributed by atoms with Gasteiger partial charge in [0.2, 0.25) is 0 Å². The van der Waals surface area contributed by atoms with Crippen LogP contribution in [-0.2, 0) is 9.53 Å². The zero-order chi connectivity index (χ0) is 17.4. The zero-order valence-electron chi connectivity index (χ0n) is 13.3. The number of ether oxygens (including phenoxy) is 1. The van der Waals surface area contributed by atoms with Gasteiger partial charge in [0, 0.05) is 12.1 Å². The van der Waals surface area contributed by atoms with Crippen LogP contribution in [0.5, 0.6) is 0 Å². The zero-order valence-corrected chi connectivity index (χ0v) is 14.1. The quantitative estimate of drug-likeness (QED) is 0.338. The molecule has 0 aromatic heterocycles. The number of rotatable bonds is 8. The fourth-order valence-corrected chi connectivity index (χ4v) is 2.54. The van der Waals surface area contributed by atoms with E-state index >= 15 is 0 Å². The molecule has 0 heterocycles. The van der Waals surface area contributed by atoms with Crippen molar-refractivity contribution in [2.24, 2.45) is 0 Å². The van der Waals surface area contributed by atoms with Crippen molar-refractivity contribution in [1.29, 1.82) is 0 Å². The third kappa shape index (κ3) is 5.90. The maximum Gasteiger partial charge on any atom is 0.338 e. The highest BCUT2D eigenvalue weighted by molar-refractivity contribution is 7.98. The van der Waals surface area contributed by atoms with E-state index in [2.05, 4.69) is 5.32 Å². The highest BCUT2D eigenvalue weighted by Gasteiger charge is 2.18. The summed E-state index contributed by atoms with van der Waals surface area (Å²) in [6.07, 6.45) is 3.48. The van der Waals surface area contributed by atoms with Crippen LogP contribution in [-0.4, -0.2) is 35.7 Å². The minimum Gasteiger partial charge on any atom is -0.452 e. The van der Waals surface area contributed by atoms with Gasteiger partial charge >= 0.3 is 5.97 Å². The molecule has 1 rings (SSSR count). The number of amides is 1. The molecule has 0 radical (unpaired) electrons. The lowest BCUT2D eigenvalue weighted by Gasteiger charge is -2.12. The number of hydrogen-bond donors (Lipinski definition) is 1. The Morgan fingerprint density at radius 1 is 1.43 bits per heavy atom. The number of hydrogen-bond acceptors (Lipinski definition) is 6. The molecule has 1 atom stereocenters. The summed E-state index contributed by atoms with van der Waals surface area (Å²) in [6.45, 7) is 3.46. The fraction of sp³-hybridized carbons (Fsp3) is 0.467. The van der Waals surface area contributed by atoms with Gasteiger partial charge in [-0.3, -0.25) is 14.9 Å². The van der Waals surface area contributed by atoms with Crippen molar-refractivity contribution in [3.8, 4) is 0 Å². The number of nitro benzene ring substituents is 1. The first kappa shape index (κ1) is 19.0. The maximum atomic E-state index is 11.9. The highest BCUT2D eigenvalue weighted by Crippen LogP contribution is 2.28. The maximum absolute atomic E-state index is 11.9. The average molecular weight is 340 g/mol. The van der Waals surface area contributed by atoms with Gasteiger partial charge in [-0.05, 0) is 31.7 Å². The van der Waals surface area contributed by atoms with Crippen molar-refractivity contribution in [3.05, 3.63) is 33.9 Å². The number of carbonyl (C=O) groups is 2. The molecule has 7 nitrogen and oxygen atoms in total. The lowest BCUT2D eigenvalue weighted by molar-refractivity contribution is -0.387. The molecule has 1 aromatic rings. The molecule has 0 saturated carbocycles. The lowest BCUT2D eigenvalue weighted by atomic mass is 10.2. The summed E-state index contributed by atoms with van der Waals surface area (Å²) in [7, 11) is 0. The largest absolute Gasteiger partial charge is 0.452 e. The number of nitro groups is 1. The molecule has 0 aliphatic rings. The van der Waals surface area contributed by atoms with Crippen molar-refractivity contribution < 1.29 is 19.2 Å². The molecule has 1 N–H and O–H groups in total. The van der Waals surface area contributed by atoms with Gasteiger partial charge in [-0.15, -0.1) is 11.8 Å². The topological polar surface area (TPSA) is 98.5 Å². The third-order valence-electron chi connectivity index (χ3n) is 3.07. The molecule has 1 aromatic carbocycles. The van der Waals surface area contributed by atoms with E-state index in [1.54, 1.807) is 6.26 Å². The normalized spacial score (nSPS) is 11.6. The molecular weight excluding hydrogens is 320 g/mol. The minimum atomic E-state index is -0.765. The molecule has 0 bridgehead atoms. The van der Waals surface area contributed by atoms with Crippen LogP contribution in [0.3, 0.4) is 0 Å². The molecule has 0 saturated heterocycles. The standard InChI is InChI=1S/C15H20N2O5S/c1-4-5-10(2)16-14(18)9-22-15(19)11-6-7-13(23-3)12(8-11)17(20)21/h6-8,10H,4-5,9H2,1-3H3,(H,16,18)/t10-/m0/s1. The molecular formula is C15H20N2O5S. The van der Waals surface area contributed by atoms with Gasteiger partial charge < -0.3 is 10.1 Å². The predicted molar refractivity (Wildman–Crippen MR) is 87.7 cm³/mol. The van der Waals surface area contributed by atoms with Crippen LogP contribution in [0.2, 0.25) is 0 Å².